The van der Waals surface area contributed by atoms with Crippen molar-refractivity contribution in [1.29, 1.82) is 0 Å². The van der Waals surface area contributed by atoms with Crippen LogP contribution in [-0.2, 0) is 17.7 Å². The Morgan fingerprint density at radius 2 is 2.00 bits per heavy atom. The molecule has 0 bridgehead atoms. The number of ether oxygens (including phenoxy) is 1. The smallest absolute Gasteiger partial charge is 0.179 e. The fraction of sp³-hybridized carbons (Fsp3) is 0.263. The number of hydrogen-bond donors (Lipinski definition) is 0. The third kappa shape index (κ3) is 3.21. The van der Waals surface area contributed by atoms with Gasteiger partial charge >= 0.3 is 0 Å². The largest absolute Gasteiger partial charge is 0.384 e. The van der Waals surface area contributed by atoms with Gasteiger partial charge in [0.15, 0.2) is 17.3 Å². The maximum atomic E-state index is 5.17. The van der Waals surface area contributed by atoms with Gasteiger partial charge < -0.3 is 4.74 Å². The number of fused-ring (bicyclic) bond motifs is 1. The maximum Gasteiger partial charge on any atom is 0.179 e. The molecule has 3 aromatic heterocycles. The van der Waals surface area contributed by atoms with Gasteiger partial charge in [0.05, 0.1) is 13.2 Å². The molecule has 0 aliphatic rings. The summed E-state index contributed by atoms with van der Waals surface area (Å²) in [5.41, 5.74) is 3.97. The number of aryl methyl sites for hydroxylation is 1. The highest BCUT2D eigenvalue weighted by Gasteiger charge is 2.16. The molecule has 1 aromatic carbocycles. The molecular weight excluding hydrogens is 328 g/mol. The van der Waals surface area contributed by atoms with E-state index in [1.54, 1.807) is 17.8 Å². The van der Waals surface area contributed by atoms with Gasteiger partial charge in [0.1, 0.15) is 5.69 Å². The van der Waals surface area contributed by atoms with E-state index in [1.165, 1.54) is 11.1 Å². The zero-order chi connectivity index (χ0) is 17.9. The highest BCUT2D eigenvalue weighted by molar-refractivity contribution is 5.57. The van der Waals surface area contributed by atoms with Gasteiger partial charge in [-0.05, 0) is 24.1 Å². The lowest BCUT2D eigenvalue weighted by atomic mass is 10.1. The number of nitrogens with zero attached hydrogens (tertiary/aromatic N) is 6. The van der Waals surface area contributed by atoms with Crippen molar-refractivity contribution >= 4 is 5.65 Å². The monoisotopic (exact) mass is 348 g/mol. The van der Waals surface area contributed by atoms with Crippen LogP contribution in [0.2, 0.25) is 0 Å². The quantitative estimate of drug-likeness (QED) is 0.535. The Labute approximate surface area is 151 Å². The topological polar surface area (TPSA) is 70.1 Å². The van der Waals surface area contributed by atoms with Gasteiger partial charge in [0.25, 0.3) is 0 Å². The summed E-state index contributed by atoms with van der Waals surface area (Å²) >= 11 is 0. The lowest BCUT2D eigenvalue weighted by molar-refractivity contribution is 0.200. The first kappa shape index (κ1) is 16.4. The van der Waals surface area contributed by atoms with Gasteiger partial charge in [-0.1, -0.05) is 24.3 Å². The molecule has 4 rings (SSSR count). The number of rotatable bonds is 6. The van der Waals surface area contributed by atoms with Crippen LogP contribution in [0.5, 0.6) is 0 Å². The van der Waals surface area contributed by atoms with E-state index in [2.05, 4.69) is 34.2 Å². The Kier molecular flexibility index (Phi) is 4.45. The normalized spacial score (nSPS) is 11.3. The molecule has 0 amide bonds. The van der Waals surface area contributed by atoms with E-state index in [1.807, 2.05) is 35.1 Å². The first-order valence-electron chi connectivity index (χ1n) is 8.52. The van der Waals surface area contributed by atoms with Crippen molar-refractivity contribution in [3.05, 3.63) is 65.7 Å². The highest BCUT2D eigenvalue weighted by Crippen LogP contribution is 2.20. The van der Waals surface area contributed by atoms with Gasteiger partial charge in [-0.3, -0.25) is 0 Å². The van der Waals surface area contributed by atoms with Crippen LogP contribution in [0.3, 0.4) is 0 Å². The van der Waals surface area contributed by atoms with Crippen LogP contribution in [0.25, 0.3) is 17.2 Å². The number of aromatic nitrogens is 6. The molecule has 0 aliphatic heterocycles. The Morgan fingerprint density at radius 1 is 1.12 bits per heavy atom. The van der Waals surface area contributed by atoms with E-state index in [0.29, 0.717) is 19.6 Å². The molecule has 0 atom stereocenters. The summed E-state index contributed by atoms with van der Waals surface area (Å²) < 4.78 is 8.83. The minimum Gasteiger partial charge on any atom is -0.384 e. The van der Waals surface area contributed by atoms with E-state index in [-0.39, 0.29) is 0 Å². The van der Waals surface area contributed by atoms with Gasteiger partial charge in [-0.25, -0.2) is 19.2 Å². The van der Waals surface area contributed by atoms with Crippen molar-refractivity contribution in [3.8, 4) is 11.5 Å². The van der Waals surface area contributed by atoms with Crippen LogP contribution >= 0.6 is 0 Å². The molecule has 0 radical (unpaired) electrons. The molecule has 3 heterocycles. The second-order valence-corrected chi connectivity index (χ2v) is 6.13. The standard InChI is InChI=1S/C19H20N6O/c1-14-6-3-4-7-15(14)13-25-19(21-17(23-25)8-11-26-2)16-12-18-20-9-5-10-24(18)22-16/h3-7,9-10,12H,8,11,13H2,1-2H3. The summed E-state index contributed by atoms with van der Waals surface area (Å²) in [5.74, 6) is 1.49. The molecule has 0 fully saturated rings. The van der Waals surface area contributed by atoms with Crippen molar-refractivity contribution in [2.45, 2.75) is 19.9 Å². The molecular formula is C19H20N6O. The third-order valence-corrected chi connectivity index (χ3v) is 4.29. The van der Waals surface area contributed by atoms with E-state index < -0.39 is 0 Å². The number of benzene rings is 1. The molecule has 0 saturated heterocycles. The summed E-state index contributed by atoms with van der Waals surface area (Å²) in [6.07, 6.45) is 4.29. The first-order chi connectivity index (χ1) is 12.7. The lowest BCUT2D eigenvalue weighted by Gasteiger charge is -2.07. The molecule has 7 heteroatoms. The van der Waals surface area contributed by atoms with E-state index >= 15 is 0 Å². The second kappa shape index (κ2) is 7.05. The van der Waals surface area contributed by atoms with Crippen LogP contribution in [0.15, 0.2) is 48.8 Å². The average molecular weight is 348 g/mol. The van der Waals surface area contributed by atoms with Crippen LogP contribution in [0, 0.1) is 6.92 Å². The van der Waals surface area contributed by atoms with Gasteiger partial charge in [-0.15, -0.1) is 0 Å². The zero-order valence-corrected chi connectivity index (χ0v) is 14.8. The molecule has 132 valence electrons. The summed E-state index contributed by atoms with van der Waals surface area (Å²) in [5, 5.41) is 9.29. The lowest BCUT2D eigenvalue weighted by Crippen LogP contribution is -2.06. The summed E-state index contributed by atoms with van der Waals surface area (Å²) in [7, 11) is 1.68. The molecule has 7 nitrogen and oxygen atoms in total. The Bertz CT molecular complexity index is 1000. The first-order valence-corrected chi connectivity index (χ1v) is 8.52. The Balaban J connectivity index is 1.76. The molecule has 4 aromatic rings. The van der Waals surface area contributed by atoms with Gasteiger partial charge in [0.2, 0.25) is 0 Å². The zero-order valence-electron chi connectivity index (χ0n) is 14.8. The maximum absolute atomic E-state index is 5.17. The van der Waals surface area contributed by atoms with Crippen LogP contribution in [0.4, 0.5) is 0 Å². The van der Waals surface area contributed by atoms with Crippen molar-refractivity contribution < 1.29 is 4.74 Å². The summed E-state index contributed by atoms with van der Waals surface area (Å²) in [6, 6.07) is 12.1. The molecule has 0 saturated carbocycles. The molecule has 0 aliphatic carbocycles. The van der Waals surface area contributed by atoms with E-state index in [0.717, 1.165) is 23.0 Å². The SMILES string of the molecule is COCCc1nc(-c2cc3ncccn3n2)n(Cc2ccccc2C)n1. The third-order valence-electron chi connectivity index (χ3n) is 4.29. The predicted molar refractivity (Wildman–Crippen MR) is 97.9 cm³/mol. The van der Waals surface area contributed by atoms with Gasteiger partial charge in [-0.2, -0.15) is 10.2 Å². The molecule has 0 N–H and O–H groups in total. The van der Waals surface area contributed by atoms with E-state index in [4.69, 9.17) is 9.72 Å². The summed E-state index contributed by atoms with van der Waals surface area (Å²) in [6.45, 7) is 3.33. The fourth-order valence-electron chi connectivity index (χ4n) is 2.88. The molecule has 0 spiro atoms. The van der Waals surface area contributed by atoms with Crippen LogP contribution in [0.1, 0.15) is 17.0 Å². The van der Waals surface area contributed by atoms with Crippen molar-refractivity contribution in [3.63, 3.8) is 0 Å². The minimum absolute atomic E-state index is 0.584. The van der Waals surface area contributed by atoms with Crippen LogP contribution < -0.4 is 0 Å². The average Bonchev–Trinajstić information content (AvgIpc) is 3.25. The van der Waals surface area contributed by atoms with Crippen molar-refractivity contribution in [1.82, 2.24) is 29.4 Å². The fourth-order valence-corrected chi connectivity index (χ4v) is 2.88. The molecule has 0 unspecified atom stereocenters. The molecule has 26 heavy (non-hydrogen) atoms. The Hall–Kier alpha value is -3.06. The number of hydrogen-bond acceptors (Lipinski definition) is 5. The van der Waals surface area contributed by atoms with Crippen molar-refractivity contribution in [2.75, 3.05) is 13.7 Å². The minimum atomic E-state index is 0.584. The van der Waals surface area contributed by atoms with Gasteiger partial charge in [0, 0.05) is 32.0 Å². The highest BCUT2D eigenvalue weighted by atomic mass is 16.5. The van der Waals surface area contributed by atoms with Crippen LogP contribution in [-0.4, -0.2) is 43.1 Å². The summed E-state index contributed by atoms with van der Waals surface area (Å²) in [4.78, 5) is 9.04. The van der Waals surface area contributed by atoms with Crippen molar-refractivity contribution in [2.24, 2.45) is 0 Å². The van der Waals surface area contributed by atoms with E-state index in [9.17, 15) is 0 Å². The second-order valence-electron chi connectivity index (χ2n) is 6.13. The Morgan fingerprint density at radius 3 is 2.81 bits per heavy atom. The number of methoxy groups -OCH3 is 1. The predicted octanol–water partition coefficient (Wildman–Crippen LogP) is 2.53.